The number of benzene rings is 3. The van der Waals surface area contributed by atoms with Gasteiger partial charge in [-0.2, -0.15) is 5.26 Å². The SMILES string of the molecule is CCc1ccccc1NC(=O)/C(C#N)=C/c1cc(Br)c(OCc2ccccc2)c(OC)c1. The standard InChI is InChI=1S/C26H23BrN2O3/c1-3-20-11-7-8-12-23(20)29-26(30)21(16-28)13-19-14-22(27)25(24(15-19)31-2)32-17-18-9-5-4-6-10-18/h4-15H,3,17H2,1-2H3,(H,29,30)/b21-13+. The second-order valence-electron chi connectivity index (χ2n) is 6.94. The number of rotatable bonds is 8. The largest absolute Gasteiger partial charge is 0.493 e. The highest BCUT2D eigenvalue weighted by molar-refractivity contribution is 9.10. The van der Waals surface area contributed by atoms with Gasteiger partial charge < -0.3 is 14.8 Å². The summed E-state index contributed by atoms with van der Waals surface area (Å²) in [5.41, 5.74) is 3.35. The molecule has 3 aromatic rings. The van der Waals surface area contributed by atoms with Crippen molar-refractivity contribution in [2.45, 2.75) is 20.0 Å². The summed E-state index contributed by atoms with van der Waals surface area (Å²) in [6.45, 7) is 2.39. The molecule has 0 atom stereocenters. The molecule has 0 unspecified atom stereocenters. The van der Waals surface area contributed by atoms with Crippen molar-refractivity contribution in [2.24, 2.45) is 0 Å². The maximum Gasteiger partial charge on any atom is 0.266 e. The molecule has 1 amide bonds. The highest BCUT2D eigenvalue weighted by Gasteiger charge is 2.15. The minimum absolute atomic E-state index is 0.0113. The Labute approximate surface area is 196 Å². The number of anilines is 1. The van der Waals surface area contributed by atoms with Crippen molar-refractivity contribution in [3.8, 4) is 17.6 Å². The highest BCUT2D eigenvalue weighted by Crippen LogP contribution is 2.37. The number of halogens is 1. The fourth-order valence-electron chi connectivity index (χ4n) is 3.15. The number of carbonyl (C=O) groups is 1. The monoisotopic (exact) mass is 490 g/mol. The average molecular weight is 491 g/mol. The molecule has 32 heavy (non-hydrogen) atoms. The maximum absolute atomic E-state index is 12.7. The van der Waals surface area contributed by atoms with Crippen LogP contribution in [0.25, 0.3) is 6.08 Å². The Balaban J connectivity index is 1.83. The van der Waals surface area contributed by atoms with E-state index in [1.807, 2.05) is 67.6 Å². The van der Waals surface area contributed by atoms with Crippen LogP contribution in [0.1, 0.15) is 23.6 Å². The van der Waals surface area contributed by atoms with Gasteiger partial charge in [-0.1, -0.05) is 55.5 Å². The molecule has 0 saturated carbocycles. The summed E-state index contributed by atoms with van der Waals surface area (Å²) in [7, 11) is 1.55. The average Bonchev–Trinajstić information content (AvgIpc) is 2.82. The van der Waals surface area contributed by atoms with Crippen LogP contribution >= 0.6 is 15.9 Å². The molecule has 0 radical (unpaired) electrons. The Bertz CT molecular complexity index is 1170. The number of aryl methyl sites for hydroxylation is 1. The van der Waals surface area contributed by atoms with Gasteiger partial charge in [-0.05, 0) is 63.3 Å². The number of nitrogens with one attached hydrogen (secondary N) is 1. The molecule has 0 heterocycles. The van der Waals surface area contributed by atoms with E-state index in [1.54, 1.807) is 19.2 Å². The second kappa shape index (κ2) is 11.2. The van der Waals surface area contributed by atoms with Crippen molar-refractivity contribution >= 4 is 33.6 Å². The summed E-state index contributed by atoms with van der Waals surface area (Å²) in [5, 5.41) is 12.4. The van der Waals surface area contributed by atoms with E-state index in [9.17, 15) is 10.1 Å². The minimum atomic E-state index is -0.465. The molecule has 0 aliphatic carbocycles. The van der Waals surface area contributed by atoms with Crippen LogP contribution in [0.4, 0.5) is 5.69 Å². The van der Waals surface area contributed by atoms with Gasteiger partial charge in [0.05, 0.1) is 11.6 Å². The van der Waals surface area contributed by atoms with Gasteiger partial charge in [0, 0.05) is 5.69 Å². The lowest BCUT2D eigenvalue weighted by molar-refractivity contribution is -0.112. The van der Waals surface area contributed by atoms with Crippen molar-refractivity contribution in [3.05, 3.63) is 93.5 Å². The molecule has 6 heteroatoms. The first-order chi connectivity index (χ1) is 15.5. The van der Waals surface area contributed by atoms with E-state index >= 15 is 0 Å². The predicted octanol–water partition coefficient (Wildman–Crippen LogP) is 6.14. The van der Waals surface area contributed by atoms with Crippen molar-refractivity contribution in [3.63, 3.8) is 0 Å². The van der Waals surface area contributed by atoms with Crippen LogP contribution < -0.4 is 14.8 Å². The number of hydrogen-bond donors (Lipinski definition) is 1. The maximum atomic E-state index is 12.7. The van der Waals surface area contributed by atoms with E-state index in [1.165, 1.54) is 6.08 Å². The molecular formula is C26H23BrN2O3. The quantitative estimate of drug-likeness (QED) is 0.303. The van der Waals surface area contributed by atoms with Gasteiger partial charge in [0.25, 0.3) is 5.91 Å². The van der Waals surface area contributed by atoms with E-state index in [4.69, 9.17) is 9.47 Å². The van der Waals surface area contributed by atoms with Gasteiger partial charge in [-0.15, -0.1) is 0 Å². The van der Waals surface area contributed by atoms with Crippen LogP contribution in [0.2, 0.25) is 0 Å². The van der Waals surface area contributed by atoms with E-state index in [-0.39, 0.29) is 5.57 Å². The van der Waals surface area contributed by atoms with Crippen LogP contribution in [-0.2, 0) is 17.8 Å². The van der Waals surface area contributed by atoms with E-state index in [2.05, 4.69) is 21.2 Å². The summed E-state index contributed by atoms with van der Waals surface area (Å²) < 4.78 is 12.1. The Morgan fingerprint density at radius 2 is 1.84 bits per heavy atom. The van der Waals surface area contributed by atoms with Gasteiger partial charge >= 0.3 is 0 Å². The normalized spacial score (nSPS) is 10.9. The zero-order valence-corrected chi connectivity index (χ0v) is 19.5. The molecule has 5 nitrogen and oxygen atoms in total. The van der Waals surface area contributed by atoms with Crippen LogP contribution in [0, 0.1) is 11.3 Å². The number of ether oxygens (including phenoxy) is 2. The summed E-state index contributed by atoms with van der Waals surface area (Å²) in [6.07, 6.45) is 2.30. The second-order valence-corrected chi connectivity index (χ2v) is 7.80. The Morgan fingerprint density at radius 1 is 1.12 bits per heavy atom. The molecule has 0 spiro atoms. The van der Waals surface area contributed by atoms with Crippen LogP contribution in [0.15, 0.2) is 76.8 Å². The molecule has 0 aliphatic rings. The topological polar surface area (TPSA) is 71.4 Å². The zero-order valence-electron chi connectivity index (χ0n) is 17.9. The summed E-state index contributed by atoms with van der Waals surface area (Å²) in [6, 6.07) is 22.8. The van der Waals surface area contributed by atoms with Crippen molar-refractivity contribution < 1.29 is 14.3 Å². The van der Waals surface area contributed by atoms with Crippen molar-refractivity contribution in [1.82, 2.24) is 0 Å². The first-order valence-corrected chi connectivity index (χ1v) is 10.9. The van der Waals surface area contributed by atoms with Gasteiger partial charge in [0.15, 0.2) is 11.5 Å². The molecule has 162 valence electrons. The van der Waals surface area contributed by atoms with E-state index < -0.39 is 5.91 Å². The molecule has 1 N–H and O–H groups in total. The summed E-state index contributed by atoms with van der Waals surface area (Å²) >= 11 is 3.52. The fourth-order valence-corrected chi connectivity index (χ4v) is 3.72. The Hall–Kier alpha value is -3.56. The number of nitriles is 1. The Morgan fingerprint density at radius 3 is 2.53 bits per heavy atom. The van der Waals surface area contributed by atoms with E-state index in [0.29, 0.717) is 33.8 Å². The summed E-state index contributed by atoms with van der Waals surface area (Å²) in [4.78, 5) is 12.7. The lowest BCUT2D eigenvalue weighted by Gasteiger charge is -2.14. The van der Waals surface area contributed by atoms with Crippen LogP contribution in [0.5, 0.6) is 11.5 Å². The summed E-state index contributed by atoms with van der Waals surface area (Å²) in [5.74, 6) is 0.580. The van der Waals surface area contributed by atoms with Gasteiger partial charge in [-0.25, -0.2) is 0 Å². The molecular weight excluding hydrogens is 468 g/mol. The van der Waals surface area contributed by atoms with Gasteiger partial charge in [-0.3, -0.25) is 4.79 Å². The third-order valence-corrected chi connectivity index (χ3v) is 5.39. The third-order valence-electron chi connectivity index (χ3n) is 4.80. The lowest BCUT2D eigenvalue weighted by Crippen LogP contribution is -2.14. The highest BCUT2D eigenvalue weighted by atomic mass is 79.9. The number of nitrogens with zero attached hydrogens (tertiary/aromatic N) is 1. The first-order valence-electron chi connectivity index (χ1n) is 10.1. The third kappa shape index (κ3) is 5.77. The molecule has 3 aromatic carbocycles. The molecule has 0 aromatic heterocycles. The fraction of sp³-hybridized carbons (Fsp3) is 0.154. The molecule has 0 bridgehead atoms. The molecule has 0 aliphatic heterocycles. The zero-order chi connectivity index (χ0) is 22.9. The number of amides is 1. The van der Waals surface area contributed by atoms with Crippen molar-refractivity contribution in [2.75, 3.05) is 12.4 Å². The molecule has 0 fully saturated rings. The first kappa shape index (κ1) is 23.1. The van der Waals surface area contributed by atoms with Gasteiger partial charge in [0.1, 0.15) is 18.2 Å². The number of methoxy groups -OCH3 is 1. The van der Waals surface area contributed by atoms with Crippen LogP contribution in [0.3, 0.4) is 0 Å². The molecule has 0 saturated heterocycles. The Kier molecular flexibility index (Phi) is 8.07. The van der Waals surface area contributed by atoms with E-state index in [0.717, 1.165) is 17.5 Å². The smallest absolute Gasteiger partial charge is 0.266 e. The number of carbonyl (C=O) groups excluding carboxylic acids is 1. The van der Waals surface area contributed by atoms with Gasteiger partial charge in [0.2, 0.25) is 0 Å². The minimum Gasteiger partial charge on any atom is -0.493 e. The van der Waals surface area contributed by atoms with Crippen molar-refractivity contribution in [1.29, 1.82) is 5.26 Å². The number of hydrogen-bond acceptors (Lipinski definition) is 4. The predicted molar refractivity (Wildman–Crippen MR) is 130 cm³/mol. The lowest BCUT2D eigenvalue weighted by atomic mass is 10.1. The number of para-hydroxylation sites is 1. The molecule has 3 rings (SSSR count). The van der Waals surface area contributed by atoms with Crippen LogP contribution in [-0.4, -0.2) is 13.0 Å².